The van der Waals surface area contributed by atoms with Crippen molar-refractivity contribution in [2.45, 2.75) is 28.8 Å². The molecule has 2 atom stereocenters. The molecule has 2 amide bonds. The number of amides is 2. The number of fused-ring (bicyclic) bond motifs is 1. The number of rotatable bonds is 8. The summed E-state index contributed by atoms with van der Waals surface area (Å²) in [5.74, 6) is -1.59. The first-order chi connectivity index (χ1) is 15.3. The van der Waals surface area contributed by atoms with Crippen LogP contribution in [-0.2, 0) is 27.4 Å². The number of β-lactam (4-membered cyclic amide) rings is 1. The van der Waals surface area contributed by atoms with Crippen molar-refractivity contribution in [2.75, 3.05) is 11.5 Å². The van der Waals surface area contributed by atoms with Crippen LogP contribution in [0.3, 0.4) is 0 Å². The van der Waals surface area contributed by atoms with E-state index in [1.807, 2.05) is 0 Å². The highest BCUT2D eigenvalue weighted by Crippen LogP contribution is 2.41. The maximum absolute atomic E-state index is 12.7. The normalized spacial score (nSPS) is 20.2. The molecule has 1 unspecified atom stereocenters. The number of aliphatic carboxylic acids is 1. The Balaban J connectivity index is 1.43. The minimum atomic E-state index is -1.22. The number of hydrogen-bond donors (Lipinski definition) is 5. The number of nitrogens with zero attached hydrogens (tertiary/aromatic N) is 4. The fourth-order valence-corrected chi connectivity index (χ4v) is 7.05. The summed E-state index contributed by atoms with van der Waals surface area (Å²) >= 11 is 4.81. The van der Waals surface area contributed by atoms with Crippen LogP contribution in [0.4, 0.5) is 0 Å². The molecule has 0 bridgehead atoms. The summed E-state index contributed by atoms with van der Waals surface area (Å²) in [5, 5.41) is 47.7. The number of aromatic nitrogens is 3. The minimum Gasteiger partial charge on any atom is -0.477 e. The number of carbonyl (C=O) groups excluding carboxylic acids is 2. The predicted molar refractivity (Wildman–Crippen MR) is 115 cm³/mol. The highest BCUT2D eigenvalue weighted by molar-refractivity contribution is 8.01. The van der Waals surface area contributed by atoms with Crippen LogP contribution in [0.5, 0.6) is 0 Å². The highest BCUT2D eigenvalue weighted by Gasteiger charge is 2.54. The first kappa shape index (κ1) is 22.8. The van der Waals surface area contributed by atoms with E-state index in [1.165, 1.54) is 45.1 Å². The Bertz CT molecular complexity index is 1170. The summed E-state index contributed by atoms with van der Waals surface area (Å²) in [5.41, 5.74) is 0.697. The van der Waals surface area contributed by atoms with Gasteiger partial charge >= 0.3 is 5.97 Å². The molecule has 1 fully saturated rings. The summed E-state index contributed by atoms with van der Waals surface area (Å²) in [7, 11) is 0. The molecule has 0 aliphatic carbocycles. The molecule has 2 aromatic rings. The summed E-state index contributed by atoms with van der Waals surface area (Å²) in [6.07, 6.45) is -0.214. The standard InChI is InChI=1S/C16H16N6O6S4/c17-15-22(28)7(5-30-15)1-8(24)18-10-12(25)21-11(14(26)27)6(3-29-13(10)21)4-31-16-20-19-9(2-23)32-16/h5,10,13,17,23,28H,1-4H2,(H,18,24)(H,26,27)/t10?,13-/m1/s1. The Labute approximate surface area is 196 Å². The number of thiazole rings is 1. The Kier molecular flexibility index (Phi) is 6.57. The molecule has 0 radical (unpaired) electrons. The lowest BCUT2D eigenvalue weighted by Gasteiger charge is -2.49. The van der Waals surface area contributed by atoms with Crippen LogP contribution < -0.4 is 10.1 Å². The zero-order chi connectivity index (χ0) is 23.0. The number of thioether (sulfide) groups is 2. The van der Waals surface area contributed by atoms with Gasteiger partial charge in [0.15, 0.2) is 4.34 Å². The van der Waals surface area contributed by atoms with E-state index in [0.717, 1.165) is 11.3 Å². The zero-order valence-electron chi connectivity index (χ0n) is 16.0. The quantitative estimate of drug-likeness (QED) is 0.177. The average molecular weight is 517 g/mol. The van der Waals surface area contributed by atoms with Crippen LogP contribution in [0.15, 0.2) is 21.0 Å². The van der Waals surface area contributed by atoms with Gasteiger partial charge in [0.1, 0.15) is 22.1 Å². The topological polar surface area (TPSA) is 182 Å². The summed E-state index contributed by atoms with van der Waals surface area (Å²) in [4.78, 5) is 38.0. The average Bonchev–Trinajstić information content (AvgIpc) is 3.36. The minimum absolute atomic E-state index is 0.0893. The van der Waals surface area contributed by atoms with Crippen molar-refractivity contribution in [3.05, 3.63) is 32.2 Å². The third-order valence-corrected chi connectivity index (χ3v) is 8.89. The second-order valence-electron chi connectivity index (χ2n) is 6.64. The number of carboxylic acid groups (broad SMARTS) is 1. The van der Waals surface area contributed by atoms with Gasteiger partial charge in [0, 0.05) is 16.9 Å². The van der Waals surface area contributed by atoms with Crippen molar-refractivity contribution < 1.29 is 29.8 Å². The molecular weight excluding hydrogens is 500 g/mol. The van der Waals surface area contributed by atoms with E-state index in [0.29, 0.717) is 31.2 Å². The third-order valence-electron chi connectivity index (χ3n) is 4.63. The van der Waals surface area contributed by atoms with E-state index < -0.39 is 29.2 Å². The molecule has 0 aromatic carbocycles. The monoisotopic (exact) mass is 516 g/mol. The molecule has 12 nitrogen and oxygen atoms in total. The zero-order valence-corrected chi connectivity index (χ0v) is 19.3. The van der Waals surface area contributed by atoms with E-state index in [4.69, 9.17) is 10.5 Å². The van der Waals surface area contributed by atoms with Crippen molar-refractivity contribution in [3.63, 3.8) is 0 Å². The van der Waals surface area contributed by atoms with Gasteiger partial charge < -0.3 is 20.7 Å². The fraction of sp³-hybridized carbons (Fsp3) is 0.375. The van der Waals surface area contributed by atoms with Gasteiger partial charge in [-0.25, -0.2) is 4.79 Å². The van der Waals surface area contributed by atoms with E-state index in [2.05, 4.69) is 15.5 Å². The molecular formula is C16H16N6O6S4. The van der Waals surface area contributed by atoms with Gasteiger partial charge in [-0.1, -0.05) is 23.1 Å². The van der Waals surface area contributed by atoms with Crippen LogP contribution in [-0.4, -0.2) is 76.0 Å². The molecule has 170 valence electrons. The van der Waals surface area contributed by atoms with E-state index in [-0.39, 0.29) is 29.2 Å². The summed E-state index contributed by atoms with van der Waals surface area (Å²) in [6, 6.07) is -0.868. The molecule has 2 aromatic heterocycles. The lowest BCUT2D eigenvalue weighted by atomic mass is 10.0. The van der Waals surface area contributed by atoms with E-state index in [9.17, 15) is 24.7 Å². The number of carbonyl (C=O) groups is 3. The number of nitrogens with one attached hydrogen (secondary N) is 2. The molecule has 2 aliphatic rings. The highest BCUT2D eigenvalue weighted by atomic mass is 32.2. The Morgan fingerprint density at radius 3 is 2.78 bits per heavy atom. The van der Waals surface area contributed by atoms with E-state index in [1.54, 1.807) is 0 Å². The van der Waals surface area contributed by atoms with Crippen molar-refractivity contribution in [1.82, 2.24) is 25.1 Å². The summed E-state index contributed by atoms with van der Waals surface area (Å²) in [6.45, 7) is -0.219. The molecule has 0 saturated carbocycles. The van der Waals surface area contributed by atoms with Gasteiger partial charge in [-0.15, -0.1) is 33.3 Å². The van der Waals surface area contributed by atoms with Gasteiger partial charge in [-0.2, -0.15) is 4.73 Å². The molecule has 16 heteroatoms. The molecule has 4 rings (SSSR count). The summed E-state index contributed by atoms with van der Waals surface area (Å²) < 4.78 is 1.19. The van der Waals surface area contributed by atoms with Crippen molar-refractivity contribution in [1.29, 1.82) is 5.41 Å². The Morgan fingerprint density at radius 2 is 2.16 bits per heavy atom. The molecule has 2 aliphatic heterocycles. The fourth-order valence-electron chi connectivity index (χ4n) is 3.16. The van der Waals surface area contributed by atoms with Crippen LogP contribution >= 0.6 is 46.2 Å². The molecule has 5 N–H and O–H groups in total. The first-order valence-electron chi connectivity index (χ1n) is 8.98. The van der Waals surface area contributed by atoms with Gasteiger partial charge in [0.2, 0.25) is 10.7 Å². The largest absolute Gasteiger partial charge is 0.477 e. The number of carboxylic acids is 1. The van der Waals surface area contributed by atoms with Crippen molar-refractivity contribution in [2.24, 2.45) is 0 Å². The lowest BCUT2D eigenvalue weighted by Crippen LogP contribution is -2.70. The molecule has 1 saturated heterocycles. The number of aliphatic hydroxyl groups is 1. The second kappa shape index (κ2) is 9.22. The molecule has 0 spiro atoms. The number of aliphatic hydroxyl groups excluding tert-OH is 1. The van der Waals surface area contributed by atoms with Gasteiger partial charge in [-0.3, -0.25) is 19.9 Å². The van der Waals surface area contributed by atoms with E-state index >= 15 is 0 Å². The lowest BCUT2D eigenvalue weighted by molar-refractivity contribution is -0.150. The molecule has 32 heavy (non-hydrogen) atoms. The van der Waals surface area contributed by atoms with Crippen molar-refractivity contribution in [3.8, 4) is 0 Å². The van der Waals surface area contributed by atoms with Gasteiger partial charge in [0.05, 0.1) is 18.7 Å². The second-order valence-corrected chi connectivity index (χ2v) is 10.9. The Morgan fingerprint density at radius 1 is 1.38 bits per heavy atom. The van der Waals surface area contributed by atoms with Crippen LogP contribution in [0.1, 0.15) is 10.7 Å². The van der Waals surface area contributed by atoms with Crippen LogP contribution in [0, 0.1) is 5.41 Å². The third kappa shape index (κ3) is 4.27. The smallest absolute Gasteiger partial charge is 0.352 e. The van der Waals surface area contributed by atoms with Crippen LogP contribution in [0.25, 0.3) is 0 Å². The van der Waals surface area contributed by atoms with Crippen LogP contribution in [0.2, 0.25) is 0 Å². The maximum atomic E-state index is 12.7. The van der Waals surface area contributed by atoms with Gasteiger partial charge in [0.25, 0.3) is 5.91 Å². The molecule has 4 heterocycles. The van der Waals surface area contributed by atoms with Crippen molar-refractivity contribution >= 4 is 64.0 Å². The first-order valence-corrected chi connectivity index (χ1v) is 12.7. The maximum Gasteiger partial charge on any atom is 0.352 e. The van der Waals surface area contributed by atoms with Gasteiger partial charge in [-0.05, 0) is 5.57 Å². The predicted octanol–water partition coefficient (Wildman–Crippen LogP) is -0.316. The SMILES string of the molecule is N=c1scc(CC(=O)NC2C(=O)N3C(C(=O)O)=C(CSc4nnc(CO)s4)CS[C@H]23)n1O. The number of hydrogen-bond acceptors (Lipinski definition) is 12. The Hall–Kier alpha value is -2.40.